The first kappa shape index (κ1) is 16.7. The van der Waals surface area contributed by atoms with E-state index in [4.69, 9.17) is 4.74 Å². The maximum absolute atomic E-state index is 13.4. The first-order valence-electron chi connectivity index (χ1n) is 8.90. The van der Waals surface area contributed by atoms with Crippen molar-refractivity contribution in [1.82, 2.24) is 19.4 Å². The molecule has 26 heavy (non-hydrogen) atoms. The van der Waals surface area contributed by atoms with Gasteiger partial charge in [0.05, 0.1) is 42.3 Å². The average molecular weight is 350 g/mol. The Labute approximate surface area is 152 Å². The highest BCUT2D eigenvalue weighted by Crippen LogP contribution is 2.26. The molecule has 6 heteroatoms. The highest BCUT2D eigenvalue weighted by Gasteiger charge is 2.33. The zero-order valence-electron chi connectivity index (χ0n) is 15.1. The van der Waals surface area contributed by atoms with Gasteiger partial charge in [0.25, 0.3) is 5.91 Å². The lowest BCUT2D eigenvalue weighted by Gasteiger charge is -2.35. The Kier molecular flexibility index (Phi) is 4.42. The first-order chi connectivity index (χ1) is 12.7. The maximum Gasteiger partial charge on any atom is 0.255 e. The number of fused-ring (bicyclic) bond motifs is 2. The molecule has 0 fully saturated rings. The molecule has 0 spiro atoms. The number of nitrogens with zero attached hydrogens (tertiary/aromatic N) is 4. The van der Waals surface area contributed by atoms with Gasteiger partial charge in [0.1, 0.15) is 0 Å². The van der Waals surface area contributed by atoms with Crippen molar-refractivity contribution < 1.29 is 9.53 Å². The van der Waals surface area contributed by atoms with Crippen LogP contribution in [0.2, 0.25) is 0 Å². The molecular formula is C20H22N4O2. The van der Waals surface area contributed by atoms with Crippen molar-refractivity contribution in [2.45, 2.75) is 25.9 Å². The summed E-state index contributed by atoms with van der Waals surface area (Å²) in [5, 5.41) is 0.877. The van der Waals surface area contributed by atoms with Crippen molar-refractivity contribution in [2.75, 3.05) is 13.2 Å². The normalized spacial score (nSPS) is 16.7. The Morgan fingerprint density at radius 1 is 1.27 bits per heavy atom. The summed E-state index contributed by atoms with van der Waals surface area (Å²) in [7, 11) is 2.00. The molecular weight excluding hydrogens is 328 g/mol. The number of carbonyl (C=O) groups excluding carboxylic acids is 1. The zero-order valence-corrected chi connectivity index (χ0v) is 15.1. The summed E-state index contributed by atoms with van der Waals surface area (Å²) < 4.78 is 7.71. The van der Waals surface area contributed by atoms with Crippen LogP contribution in [-0.4, -0.2) is 44.6 Å². The molecule has 0 aliphatic carbocycles. The zero-order chi connectivity index (χ0) is 18.1. The number of rotatable bonds is 4. The van der Waals surface area contributed by atoms with Crippen LogP contribution in [0, 0.1) is 0 Å². The lowest BCUT2D eigenvalue weighted by atomic mass is 10.0. The molecule has 1 aromatic carbocycles. The van der Waals surface area contributed by atoms with Gasteiger partial charge in [-0.25, -0.2) is 4.98 Å². The van der Waals surface area contributed by atoms with E-state index in [-0.39, 0.29) is 11.9 Å². The highest BCUT2D eigenvalue weighted by atomic mass is 16.5. The molecule has 3 aromatic rings. The van der Waals surface area contributed by atoms with Crippen molar-refractivity contribution in [2.24, 2.45) is 7.05 Å². The number of amides is 1. The Hall–Kier alpha value is -2.73. The molecule has 2 aromatic heterocycles. The summed E-state index contributed by atoms with van der Waals surface area (Å²) in [5.74, 6) is 0.00426. The van der Waals surface area contributed by atoms with Crippen molar-refractivity contribution in [3.63, 3.8) is 0 Å². The molecule has 1 atom stereocenters. The number of aryl methyl sites for hydroxylation is 1. The predicted octanol–water partition coefficient (Wildman–Crippen LogP) is 2.57. The van der Waals surface area contributed by atoms with Gasteiger partial charge in [-0.05, 0) is 19.1 Å². The minimum Gasteiger partial charge on any atom is -0.380 e. The summed E-state index contributed by atoms with van der Waals surface area (Å²) >= 11 is 0. The van der Waals surface area contributed by atoms with Crippen LogP contribution in [0.1, 0.15) is 28.7 Å². The van der Waals surface area contributed by atoms with Gasteiger partial charge in [-0.3, -0.25) is 9.78 Å². The summed E-state index contributed by atoms with van der Waals surface area (Å²) in [4.78, 5) is 24.1. The van der Waals surface area contributed by atoms with Crippen LogP contribution in [0.4, 0.5) is 0 Å². The number of pyridine rings is 1. The standard InChI is InChI=1S/C20H22N4O2/c1-3-26-12-14-10-19-18(22-13-23(19)2)11-24(14)20(25)16-8-9-21-17-7-5-4-6-15(16)17/h4-9,13-14H,3,10-12H2,1-2H3/t14-/m1/s1. The molecule has 1 amide bonds. The molecule has 0 unspecified atom stereocenters. The van der Waals surface area contributed by atoms with Crippen LogP contribution < -0.4 is 0 Å². The molecule has 6 nitrogen and oxygen atoms in total. The minimum absolute atomic E-state index is 0.00252. The average Bonchev–Trinajstić information content (AvgIpc) is 3.04. The number of benzene rings is 1. The van der Waals surface area contributed by atoms with Gasteiger partial charge in [0, 0.05) is 37.4 Å². The van der Waals surface area contributed by atoms with Gasteiger partial charge in [-0.1, -0.05) is 18.2 Å². The van der Waals surface area contributed by atoms with Crippen molar-refractivity contribution in [1.29, 1.82) is 0 Å². The monoisotopic (exact) mass is 350 g/mol. The molecule has 1 aliphatic heterocycles. The Morgan fingerprint density at radius 2 is 2.12 bits per heavy atom. The number of hydrogen-bond donors (Lipinski definition) is 0. The van der Waals surface area contributed by atoms with Gasteiger partial charge in [-0.2, -0.15) is 0 Å². The van der Waals surface area contributed by atoms with E-state index in [1.807, 2.05) is 54.0 Å². The van der Waals surface area contributed by atoms with Gasteiger partial charge in [-0.15, -0.1) is 0 Å². The Balaban J connectivity index is 1.72. The number of imidazole rings is 1. The fourth-order valence-corrected chi connectivity index (χ4v) is 3.60. The van der Waals surface area contributed by atoms with Crippen molar-refractivity contribution in [3.8, 4) is 0 Å². The third-order valence-electron chi connectivity index (χ3n) is 4.99. The highest BCUT2D eigenvalue weighted by molar-refractivity contribution is 6.06. The molecule has 3 heterocycles. The van der Waals surface area contributed by atoms with E-state index in [2.05, 4.69) is 9.97 Å². The molecule has 134 valence electrons. The van der Waals surface area contributed by atoms with Crippen molar-refractivity contribution in [3.05, 3.63) is 59.8 Å². The Morgan fingerprint density at radius 3 is 2.96 bits per heavy atom. The number of aromatic nitrogens is 3. The fourth-order valence-electron chi connectivity index (χ4n) is 3.60. The second-order valence-corrected chi connectivity index (χ2v) is 6.57. The van der Waals surface area contributed by atoms with Crippen LogP contribution in [0.3, 0.4) is 0 Å². The summed E-state index contributed by atoms with van der Waals surface area (Å²) in [6.07, 6.45) is 4.27. The van der Waals surface area contributed by atoms with Gasteiger partial charge in [0.15, 0.2) is 0 Å². The summed E-state index contributed by atoms with van der Waals surface area (Å²) in [6, 6.07) is 9.54. The van der Waals surface area contributed by atoms with Gasteiger partial charge < -0.3 is 14.2 Å². The number of hydrogen-bond acceptors (Lipinski definition) is 4. The molecule has 0 saturated heterocycles. The largest absolute Gasteiger partial charge is 0.380 e. The number of carbonyl (C=O) groups is 1. The van der Waals surface area contributed by atoms with E-state index in [1.165, 1.54) is 5.69 Å². The van der Waals surface area contributed by atoms with Crippen molar-refractivity contribution >= 4 is 16.8 Å². The van der Waals surface area contributed by atoms with Gasteiger partial charge >= 0.3 is 0 Å². The second kappa shape index (κ2) is 6.88. The van der Waals surface area contributed by atoms with Crippen LogP contribution in [-0.2, 0) is 24.8 Å². The lowest BCUT2D eigenvalue weighted by molar-refractivity contribution is 0.0388. The summed E-state index contributed by atoms with van der Waals surface area (Å²) in [6.45, 7) is 3.63. The maximum atomic E-state index is 13.4. The second-order valence-electron chi connectivity index (χ2n) is 6.57. The van der Waals surface area contributed by atoms with Crippen LogP contribution >= 0.6 is 0 Å². The van der Waals surface area contributed by atoms with E-state index < -0.39 is 0 Å². The molecule has 0 N–H and O–H groups in total. The molecule has 0 radical (unpaired) electrons. The van der Waals surface area contributed by atoms with E-state index in [9.17, 15) is 4.79 Å². The predicted molar refractivity (Wildman–Crippen MR) is 98.8 cm³/mol. The topological polar surface area (TPSA) is 60.2 Å². The Bertz CT molecular complexity index is 945. The quantitative estimate of drug-likeness (QED) is 0.726. The molecule has 4 rings (SSSR count). The molecule has 0 saturated carbocycles. The van der Waals surface area contributed by atoms with Gasteiger partial charge in [0.2, 0.25) is 0 Å². The first-order valence-corrected chi connectivity index (χ1v) is 8.90. The number of para-hydroxylation sites is 1. The minimum atomic E-state index is -0.00252. The van der Waals surface area contributed by atoms with E-state index in [0.717, 1.165) is 23.0 Å². The lowest BCUT2D eigenvalue weighted by Crippen LogP contribution is -2.47. The fraction of sp³-hybridized carbons (Fsp3) is 0.350. The summed E-state index contributed by atoms with van der Waals surface area (Å²) in [5.41, 5.74) is 3.65. The molecule has 0 bridgehead atoms. The van der Waals surface area contributed by atoms with E-state index >= 15 is 0 Å². The third kappa shape index (κ3) is 2.86. The number of ether oxygens (including phenoxy) is 1. The third-order valence-corrected chi connectivity index (χ3v) is 4.99. The van der Waals surface area contributed by atoms with Crippen LogP contribution in [0.25, 0.3) is 10.9 Å². The van der Waals surface area contributed by atoms with Crippen LogP contribution in [0.5, 0.6) is 0 Å². The molecule has 1 aliphatic rings. The SMILES string of the molecule is CCOC[C@H]1Cc2c(ncn2C)CN1C(=O)c1ccnc2ccccc12. The van der Waals surface area contributed by atoms with E-state index in [0.29, 0.717) is 25.3 Å². The van der Waals surface area contributed by atoms with E-state index in [1.54, 1.807) is 12.3 Å². The van der Waals surface area contributed by atoms with Crippen LogP contribution in [0.15, 0.2) is 42.9 Å². The smallest absolute Gasteiger partial charge is 0.255 e.